The van der Waals surface area contributed by atoms with Crippen LogP contribution in [0.15, 0.2) is 12.1 Å². The fraction of sp³-hybridized carbons (Fsp3) is 0.300. The van der Waals surface area contributed by atoms with E-state index in [-0.39, 0.29) is 25.1 Å². The number of carbonyl (C=O) groups is 1. The van der Waals surface area contributed by atoms with Gasteiger partial charge in [0.25, 0.3) is 0 Å². The number of benzene rings is 1. The second kappa shape index (κ2) is 6.05. The lowest BCUT2D eigenvalue weighted by Crippen LogP contribution is -2.46. The zero-order valence-corrected chi connectivity index (χ0v) is 9.50. The largest absolute Gasteiger partial charge is 0.504 e. The number of hydrogen-bond acceptors (Lipinski definition) is 7. The zero-order valence-electron chi connectivity index (χ0n) is 9.50. The van der Waals surface area contributed by atoms with Gasteiger partial charge in [-0.05, 0) is 12.1 Å². The van der Waals surface area contributed by atoms with Crippen molar-refractivity contribution in [1.82, 2.24) is 10.5 Å². The highest BCUT2D eigenvalue weighted by Gasteiger charge is 2.13. The molecule has 1 amide bonds. The predicted octanol–water partition coefficient (Wildman–Crippen LogP) is -1.11. The Morgan fingerprint density at radius 3 is 2.56 bits per heavy atom. The summed E-state index contributed by atoms with van der Waals surface area (Å²) in [5, 5.41) is 37.3. The van der Waals surface area contributed by atoms with Crippen molar-refractivity contribution >= 4 is 5.91 Å². The maximum atomic E-state index is 11.1. The van der Waals surface area contributed by atoms with Crippen molar-refractivity contribution in [3.8, 4) is 17.2 Å². The monoisotopic (exact) mass is 257 g/mol. The first kappa shape index (κ1) is 14.0. The van der Waals surface area contributed by atoms with Crippen LogP contribution in [0.5, 0.6) is 17.2 Å². The number of nitrogens with one attached hydrogen (secondary N) is 1. The molecule has 0 saturated carbocycles. The van der Waals surface area contributed by atoms with E-state index in [9.17, 15) is 15.0 Å². The standard InChI is InChI=1S/C10H15N3O5/c11-13(12-8(16)3-4-14)5-6-1-2-7(15)10(18)9(6)17/h1-2,14-15,17-18H,3-5,11H2,(H,12,16). The van der Waals surface area contributed by atoms with Crippen LogP contribution in [-0.2, 0) is 11.3 Å². The summed E-state index contributed by atoms with van der Waals surface area (Å²) in [5.74, 6) is 3.36. The molecule has 7 N–H and O–H groups in total. The maximum Gasteiger partial charge on any atom is 0.237 e. The fourth-order valence-electron chi connectivity index (χ4n) is 1.28. The van der Waals surface area contributed by atoms with E-state index in [2.05, 4.69) is 5.43 Å². The predicted molar refractivity (Wildman–Crippen MR) is 61.0 cm³/mol. The molecule has 0 radical (unpaired) electrons. The third kappa shape index (κ3) is 3.48. The number of nitrogens with zero attached hydrogens (tertiary/aromatic N) is 1. The van der Waals surface area contributed by atoms with Gasteiger partial charge in [-0.25, -0.2) is 0 Å². The lowest BCUT2D eigenvalue weighted by molar-refractivity contribution is -0.127. The van der Waals surface area contributed by atoms with Gasteiger partial charge in [-0.2, -0.15) is 5.12 Å². The van der Waals surface area contributed by atoms with Crippen molar-refractivity contribution in [3.63, 3.8) is 0 Å². The zero-order chi connectivity index (χ0) is 13.7. The van der Waals surface area contributed by atoms with E-state index in [1.165, 1.54) is 12.1 Å². The van der Waals surface area contributed by atoms with Crippen LogP contribution in [0.4, 0.5) is 0 Å². The van der Waals surface area contributed by atoms with Gasteiger partial charge in [-0.15, -0.1) is 0 Å². The summed E-state index contributed by atoms with van der Waals surface area (Å²) >= 11 is 0. The Morgan fingerprint density at radius 1 is 1.28 bits per heavy atom. The van der Waals surface area contributed by atoms with Gasteiger partial charge >= 0.3 is 0 Å². The SMILES string of the molecule is NN(Cc1ccc(O)c(O)c1O)NC(=O)CCO. The van der Waals surface area contributed by atoms with Crippen molar-refractivity contribution in [2.75, 3.05) is 6.61 Å². The summed E-state index contributed by atoms with van der Waals surface area (Å²) < 4.78 is 0. The second-order valence-electron chi connectivity index (χ2n) is 3.58. The van der Waals surface area contributed by atoms with E-state index in [1.54, 1.807) is 0 Å². The molecule has 1 rings (SSSR count). The topological polar surface area (TPSA) is 139 Å². The maximum absolute atomic E-state index is 11.1. The molecule has 100 valence electrons. The molecule has 0 atom stereocenters. The molecule has 0 fully saturated rings. The number of aliphatic hydroxyl groups excluding tert-OH is 1. The average molecular weight is 257 g/mol. The van der Waals surface area contributed by atoms with Gasteiger partial charge in [0.2, 0.25) is 11.7 Å². The van der Waals surface area contributed by atoms with Crippen molar-refractivity contribution < 1.29 is 25.2 Å². The first-order valence-corrected chi connectivity index (χ1v) is 5.11. The Kier molecular flexibility index (Phi) is 4.72. The molecule has 0 aromatic heterocycles. The first-order valence-electron chi connectivity index (χ1n) is 5.11. The molecule has 0 aliphatic rings. The number of rotatable bonds is 5. The molecule has 1 aromatic rings. The number of carbonyl (C=O) groups excluding carboxylic acids is 1. The Morgan fingerprint density at radius 2 is 1.94 bits per heavy atom. The third-order valence-corrected chi connectivity index (χ3v) is 2.16. The molecule has 0 aliphatic carbocycles. The Labute approximate surface area is 103 Å². The summed E-state index contributed by atoms with van der Waals surface area (Å²) in [6.07, 6.45) is -0.0967. The number of hydrogen-bond donors (Lipinski definition) is 6. The normalized spacial score (nSPS) is 10.6. The highest BCUT2D eigenvalue weighted by molar-refractivity contribution is 5.75. The molecule has 18 heavy (non-hydrogen) atoms. The number of phenols is 3. The molecule has 0 unspecified atom stereocenters. The number of hydrazine groups is 2. The quantitative estimate of drug-likeness (QED) is 0.223. The molecule has 0 aliphatic heterocycles. The lowest BCUT2D eigenvalue weighted by atomic mass is 10.1. The third-order valence-electron chi connectivity index (χ3n) is 2.16. The van der Waals surface area contributed by atoms with E-state index in [0.717, 1.165) is 5.12 Å². The summed E-state index contributed by atoms with van der Waals surface area (Å²) in [4.78, 5) is 11.1. The highest BCUT2D eigenvalue weighted by Crippen LogP contribution is 2.37. The number of aliphatic hydroxyl groups is 1. The average Bonchev–Trinajstić information content (AvgIpc) is 2.30. The molecule has 0 heterocycles. The minimum absolute atomic E-state index is 0.0865. The van der Waals surface area contributed by atoms with Gasteiger partial charge in [0.15, 0.2) is 11.5 Å². The molecule has 0 bridgehead atoms. The van der Waals surface area contributed by atoms with Crippen LogP contribution in [0.1, 0.15) is 12.0 Å². The number of phenolic OH excluding ortho intramolecular Hbond substituents is 3. The van der Waals surface area contributed by atoms with Gasteiger partial charge < -0.3 is 20.4 Å². The Hall–Kier alpha value is -2.03. The number of aromatic hydroxyl groups is 3. The lowest BCUT2D eigenvalue weighted by Gasteiger charge is -2.18. The van der Waals surface area contributed by atoms with E-state index in [4.69, 9.17) is 16.1 Å². The van der Waals surface area contributed by atoms with Gasteiger partial charge in [0.1, 0.15) is 0 Å². The molecule has 0 spiro atoms. The number of amides is 1. The van der Waals surface area contributed by atoms with E-state index >= 15 is 0 Å². The van der Waals surface area contributed by atoms with Crippen LogP contribution >= 0.6 is 0 Å². The fourth-order valence-corrected chi connectivity index (χ4v) is 1.28. The molecule has 8 heteroatoms. The van der Waals surface area contributed by atoms with Crippen molar-refractivity contribution in [2.24, 2.45) is 5.84 Å². The molecular formula is C10H15N3O5. The van der Waals surface area contributed by atoms with Gasteiger partial charge in [-0.1, -0.05) is 0 Å². The first-order chi connectivity index (χ1) is 8.45. The second-order valence-corrected chi connectivity index (χ2v) is 3.58. The van der Waals surface area contributed by atoms with E-state index in [0.29, 0.717) is 0 Å². The van der Waals surface area contributed by atoms with Crippen LogP contribution < -0.4 is 11.3 Å². The smallest absolute Gasteiger partial charge is 0.237 e. The van der Waals surface area contributed by atoms with Crippen LogP contribution in [0.25, 0.3) is 0 Å². The minimum Gasteiger partial charge on any atom is -0.504 e. The summed E-state index contributed by atoms with van der Waals surface area (Å²) in [7, 11) is 0. The number of nitrogens with two attached hydrogens (primary N) is 1. The highest BCUT2D eigenvalue weighted by atomic mass is 16.3. The molecule has 1 aromatic carbocycles. The van der Waals surface area contributed by atoms with Gasteiger partial charge in [0, 0.05) is 5.56 Å². The van der Waals surface area contributed by atoms with Crippen LogP contribution in [0.3, 0.4) is 0 Å². The van der Waals surface area contributed by atoms with Crippen LogP contribution in [0.2, 0.25) is 0 Å². The van der Waals surface area contributed by atoms with Crippen molar-refractivity contribution in [1.29, 1.82) is 0 Å². The summed E-state index contributed by atoms with van der Waals surface area (Å²) in [5.41, 5.74) is 2.47. The molecule has 8 nitrogen and oxygen atoms in total. The Balaban J connectivity index is 2.68. The van der Waals surface area contributed by atoms with E-state index in [1.807, 2.05) is 0 Å². The van der Waals surface area contributed by atoms with Crippen LogP contribution in [0, 0.1) is 0 Å². The van der Waals surface area contributed by atoms with Crippen LogP contribution in [-0.4, -0.2) is 38.1 Å². The van der Waals surface area contributed by atoms with Crippen molar-refractivity contribution in [3.05, 3.63) is 17.7 Å². The molecule has 0 saturated heterocycles. The van der Waals surface area contributed by atoms with E-state index < -0.39 is 23.2 Å². The minimum atomic E-state index is -0.650. The van der Waals surface area contributed by atoms with Gasteiger partial charge in [0.05, 0.1) is 19.6 Å². The Bertz CT molecular complexity index is 438. The summed E-state index contributed by atoms with van der Waals surface area (Å²) in [6, 6.07) is 2.54. The van der Waals surface area contributed by atoms with Gasteiger partial charge in [-0.3, -0.25) is 16.1 Å². The van der Waals surface area contributed by atoms with Crippen molar-refractivity contribution in [2.45, 2.75) is 13.0 Å². The molecular weight excluding hydrogens is 242 g/mol. The summed E-state index contributed by atoms with van der Waals surface area (Å²) in [6.45, 7) is -0.387.